The predicted octanol–water partition coefficient (Wildman–Crippen LogP) is 5.23. The quantitative estimate of drug-likeness (QED) is 0.404. The highest BCUT2D eigenvalue weighted by molar-refractivity contribution is 6.31. The lowest BCUT2D eigenvalue weighted by molar-refractivity contribution is 0.0921. The summed E-state index contributed by atoms with van der Waals surface area (Å²) in [6.07, 6.45) is 1.66. The third-order valence-corrected chi connectivity index (χ3v) is 4.82. The first-order valence-electron chi connectivity index (χ1n) is 9.17. The van der Waals surface area contributed by atoms with Crippen LogP contribution in [0.3, 0.4) is 0 Å². The van der Waals surface area contributed by atoms with Crippen molar-refractivity contribution in [2.45, 2.75) is 0 Å². The lowest BCUT2D eigenvalue weighted by Gasteiger charge is -2.07. The average Bonchev–Trinajstić information content (AvgIpc) is 3.08. The van der Waals surface area contributed by atoms with Crippen molar-refractivity contribution in [2.24, 2.45) is 0 Å². The number of hydrogen-bond donors (Lipinski definition) is 0. The summed E-state index contributed by atoms with van der Waals surface area (Å²) in [5.74, 6) is 1.62. The number of methoxy groups -OCH3 is 1. The Morgan fingerprint density at radius 3 is 2.40 bits per heavy atom. The fourth-order valence-electron chi connectivity index (χ4n) is 2.98. The lowest BCUT2D eigenvalue weighted by atomic mass is 10.1. The molecule has 0 saturated carbocycles. The maximum Gasteiger partial charge on any atom is 0.232 e. The molecule has 0 spiro atoms. The zero-order valence-corrected chi connectivity index (χ0v) is 16.8. The zero-order valence-electron chi connectivity index (χ0n) is 16.1. The molecule has 0 aromatic heterocycles. The van der Waals surface area contributed by atoms with Crippen molar-refractivity contribution in [2.75, 3.05) is 13.7 Å². The molecule has 0 N–H and O–H groups in total. The number of ether oxygens (including phenoxy) is 3. The number of Topliss-reactive ketones (excluding diaryl/α,β-unsaturated/α-hetero) is 2. The third kappa shape index (κ3) is 4.21. The average molecular weight is 421 g/mol. The van der Waals surface area contributed by atoms with E-state index in [-0.39, 0.29) is 23.9 Å². The van der Waals surface area contributed by atoms with E-state index in [9.17, 15) is 9.59 Å². The van der Waals surface area contributed by atoms with E-state index in [1.165, 1.54) is 0 Å². The van der Waals surface area contributed by atoms with Gasteiger partial charge < -0.3 is 14.2 Å². The van der Waals surface area contributed by atoms with Crippen LogP contribution in [0, 0.1) is 0 Å². The normalized spacial score (nSPS) is 13.7. The number of halogens is 1. The van der Waals surface area contributed by atoms with Crippen LogP contribution in [0.4, 0.5) is 0 Å². The molecule has 0 aliphatic carbocycles. The molecule has 1 aliphatic heterocycles. The second-order valence-electron chi connectivity index (χ2n) is 6.59. The number of rotatable bonds is 6. The van der Waals surface area contributed by atoms with Crippen LogP contribution in [0.2, 0.25) is 5.02 Å². The Hall–Kier alpha value is -3.57. The molecule has 0 amide bonds. The Morgan fingerprint density at radius 2 is 1.70 bits per heavy atom. The van der Waals surface area contributed by atoms with Gasteiger partial charge in [0.2, 0.25) is 5.78 Å². The molecular formula is C24H17ClO5. The monoisotopic (exact) mass is 420 g/mol. The van der Waals surface area contributed by atoms with E-state index in [0.717, 1.165) is 5.56 Å². The minimum absolute atomic E-state index is 0.0789. The first-order valence-corrected chi connectivity index (χ1v) is 9.55. The molecule has 150 valence electrons. The molecule has 3 aromatic carbocycles. The molecule has 1 heterocycles. The highest BCUT2D eigenvalue weighted by Crippen LogP contribution is 2.33. The van der Waals surface area contributed by atoms with Gasteiger partial charge in [0.1, 0.15) is 17.2 Å². The summed E-state index contributed by atoms with van der Waals surface area (Å²) in [6, 6.07) is 18.8. The second-order valence-corrected chi connectivity index (χ2v) is 7.03. The third-order valence-electron chi connectivity index (χ3n) is 4.59. The van der Waals surface area contributed by atoms with Crippen LogP contribution in [-0.4, -0.2) is 25.3 Å². The Morgan fingerprint density at radius 1 is 1.00 bits per heavy atom. The fraction of sp³-hybridized carbons (Fsp3) is 0.0833. The molecule has 3 aromatic rings. The van der Waals surface area contributed by atoms with Gasteiger partial charge in [-0.2, -0.15) is 0 Å². The van der Waals surface area contributed by atoms with Crippen molar-refractivity contribution < 1.29 is 23.8 Å². The molecule has 5 nitrogen and oxygen atoms in total. The standard InChI is InChI=1S/C24H17ClO5/c1-28-18-9-4-16(5-10-18)21(26)14-29-19-7-2-15(3-8-19)12-23-24(27)20-13-17(25)6-11-22(20)30-23/h2-13H,14H2,1H3/b23-12-. The molecule has 0 fully saturated rings. The van der Waals surface area contributed by atoms with Gasteiger partial charge >= 0.3 is 0 Å². The molecule has 0 bridgehead atoms. The van der Waals surface area contributed by atoms with Crippen LogP contribution in [-0.2, 0) is 0 Å². The van der Waals surface area contributed by atoms with Crippen LogP contribution < -0.4 is 14.2 Å². The first-order chi connectivity index (χ1) is 14.5. The molecule has 6 heteroatoms. The minimum atomic E-state index is -0.210. The van der Waals surface area contributed by atoms with Crippen molar-refractivity contribution in [1.29, 1.82) is 0 Å². The minimum Gasteiger partial charge on any atom is -0.497 e. The van der Waals surface area contributed by atoms with Gasteiger partial charge in [-0.1, -0.05) is 23.7 Å². The van der Waals surface area contributed by atoms with Gasteiger partial charge in [-0.05, 0) is 66.2 Å². The van der Waals surface area contributed by atoms with Gasteiger partial charge in [0.25, 0.3) is 0 Å². The van der Waals surface area contributed by atoms with Crippen LogP contribution >= 0.6 is 11.6 Å². The summed E-state index contributed by atoms with van der Waals surface area (Å²) < 4.78 is 16.3. The summed E-state index contributed by atoms with van der Waals surface area (Å²) in [7, 11) is 1.57. The van der Waals surface area contributed by atoms with Gasteiger partial charge in [0, 0.05) is 10.6 Å². The van der Waals surface area contributed by atoms with E-state index in [0.29, 0.717) is 33.4 Å². The maximum atomic E-state index is 12.5. The Balaban J connectivity index is 1.39. The molecule has 0 radical (unpaired) electrons. The van der Waals surface area contributed by atoms with Gasteiger partial charge in [-0.15, -0.1) is 0 Å². The van der Waals surface area contributed by atoms with Crippen molar-refractivity contribution >= 4 is 29.2 Å². The van der Waals surface area contributed by atoms with Gasteiger partial charge in [-0.3, -0.25) is 9.59 Å². The molecule has 0 atom stereocenters. The van der Waals surface area contributed by atoms with Crippen LogP contribution in [0.5, 0.6) is 17.2 Å². The fourth-order valence-corrected chi connectivity index (χ4v) is 3.15. The summed E-state index contributed by atoms with van der Waals surface area (Å²) in [5, 5.41) is 0.484. The van der Waals surface area contributed by atoms with E-state index < -0.39 is 0 Å². The molecular weight excluding hydrogens is 404 g/mol. The molecule has 0 saturated heterocycles. The SMILES string of the molecule is COc1ccc(C(=O)COc2ccc(/C=C3\Oc4ccc(Cl)cc4C3=O)cc2)cc1. The Bertz CT molecular complexity index is 1130. The maximum absolute atomic E-state index is 12.5. The summed E-state index contributed by atoms with van der Waals surface area (Å²) in [5.41, 5.74) is 1.77. The highest BCUT2D eigenvalue weighted by Gasteiger charge is 2.27. The highest BCUT2D eigenvalue weighted by atomic mass is 35.5. The van der Waals surface area contributed by atoms with Crippen molar-refractivity contribution in [1.82, 2.24) is 0 Å². The second kappa shape index (κ2) is 8.43. The lowest BCUT2D eigenvalue weighted by Crippen LogP contribution is -2.11. The van der Waals surface area contributed by atoms with Crippen LogP contribution in [0.1, 0.15) is 26.3 Å². The summed E-state index contributed by atoms with van der Waals surface area (Å²) >= 11 is 5.95. The van der Waals surface area contributed by atoms with Crippen molar-refractivity contribution in [3.63, 3.8) is 0 Å². The van der Waals surface area contributed by atoms with Gasteiger partial charge in [0.05, 0.1) is 12.7 Å². The number of fused-ring (bicyclic) bond motifs is 1. The van der Waals surface area contributed by atoms with E-state index in [1.807, 2.05) is 0 Å². The number of hydrogen-bond acceptors (Lipinski definition) is 5. The molecule has 30 heavy (non-hydrogen) atoms. The van der Waals surface area contributed by atoms with Crippen LogP contribution in [0.15, 0.2) is 72.5 Å². The number of allylic oxidation sites excluding steroid dienone is 1. The Kier molecular flexibility index (Phi) is 5.55. The van der Waals surface area contributed by atoms with E-state index in [2.05, 4.69) is 0 Å². The topological polar surface area (TPSA) is 61.8 Å². The van der Waals surface area contributed by atoms with Crippen molar-refractivity contribution in [3.8, 4) is 17.2 Å². The van der Waals surface area contributed by atoms with E-state index >= 15 is 0 Å². The molecule has 4 rings (SSSR count). The molecule has 0 unspecified atom stereocenters. The first kappa shape index (κ1) is 19.7. The largest absolute Gasteiger partial charge is 0.497 e. The number of benzene rings is 3. The van der Waals surface area contributed by atoms with Crippen LogP contribution in [0.25, 0.3) is 6.08 Å². The predicted molar refractivity (Wildman–Crippen MR) is 114 cm³/mol. The number of carbonyl (C=O) groups is 2. The summed E-state index contributed by atoms with van der Waals surface area (Å²) in [4.78, 5) is 24.7. The Labute approximate surface area is 178 Å². The van der Waals surface area contributed by atoms with Gasteiger partial charge in [0.15, 0.2) is 18.1 Å². The number of ketones is 2. The van der Waals surface area contributed by atoms with E-state index in [1.54, 1.807) is 79.9 Å². The van der Waals surface area contributed by atoms with Gasteiger partial charge in [-0.25, -0.2) is 0 Å². The molecule has 1 aliphatic rings. The summed E-state index contributed by atoms with van der Waals surface area (Å²) in [6.45, 7) is -0.0789. The smallest absolute Gasteiger partial charge is 0.232 e. The zero-order chi connectivity index (χ0) is 21.1. The van der Waals surface area contributed by atoms with E-state index in [4.69, 9.17) is 25.8 Å². The number of carbonyl (C=O) groups excluding carboxylic acids is 2. The van der Waals surface area contributed by atoms with Crippen molar-refractivity contribution in [3.05, 3.63) is 94.2 Å².